The molecule has 0 aliphatic rings. The van der Waals surface area contributed by atoms with Crippen LogP contribution in [0, 0.1) is 6.57 Å². The summed E-state index contributed by atoms with van der Waals surface area (Å²) in [5.74, 6) is 0.146. The zero-order chi connectivity index (χ0) is 21.2. The van der Waals surface area contributed by atoms with Gasteiger partial charge in [-0.2, -0.15) is 9.78 Å². The summed E-state index contributed by atoms with van der Waals surface area (Å²) in [5.41, 5.74) is 1.30. The Morgan fingerprint density at radius 1 is 1.21 bits per heavy atom. The lowest BCUT2D eigenvalue weighted by atomic mass is 9.91. The number of benzene rings is 1. The van der Waals surface area contributed by atoms with E-state index in [9.17, 15) is 5.11 Å². The third-order valence-corrected chi connectivity index (χ3v) is 3.95. The Balaban J connectivity index is 2.06. The highest BCUT2D eigenvalue weighted by Gasteiger charge is 2.25. The Labute approximate surface area is 168 Å². The second-order valence-electron chi connectivity index (χ2n) is 7.72. The predicted octanol–water partition coefficient (Wildman–Crippen LogP) is 5.35. The van der Waals surface area contributed by atoms with Gasteiger partial charge < -0.3 is 9.84 Å². The largest absolute Gasteiger partial charge is 0.492 e. The van der Waals surface area contributed by atoms with Crippen LogP contribution in [-0.2, 0) is 5.41 Å². The van der Waals surface area contributed by atoms with Gasteiger partial charge in [-0.1, -0.05) is 39.0 Å². The first-order valence-corrected chi connectivity index (χ1v) is 9.14. The number of hydrogen-bond donors (Lipinski definition) is 2. The molecule has 9 heteroatoms. The maximum atomic E-state index is 10.7. The molecular weight excluding hydrogens is 370 g/mol. The van der Waals surface area contributed by atoms with Crippen molar-refractivity contribution in [2.45, 2.75) is 46.1 Å². The smallest absolute Gasteiger partial charge is 0.265 e. The Morgan fingerprint density at radius 2 is 1.90 bits per heavy atom. The van der Waals surface area contributed by atoms with Crippen LogP contribution in [0.15, 0.2) is 40.6 Å². The summed E-state index contributed by atoms with van der Waals surface area (Å²) < 4.78 is 7.03. The Bertz CT molecular complexity index is 1070. The van der Waals surface area contributed by atoms with Crippen molar-refractivity contribution in [1.29, 1.82) is 0 Å². The summed E-state index contributed by atoms with van der Waals surface area (Å²) >= 11 is 0. The van der Waals surface area contributed by atoms with Crippen molar-refractivity contribution < 1.29 is 9.84 Å². The van der Waals surface area contributed by atoms with Crippen LogP contribution in [0.5, 0.6) is 11.8 Å². The van der Waals surface area contributed by atoms with Crippen LogP contribution in [0.2, 0.25) is 0 Å². The number of para-hydroxylation sites is 1. The van der Waals surface area contributed by atoms with Gasteiger partial charge >= 0.3 is 0 Å². The molecule has 3 aromatic rings. The summed E-state index contributed by atoms with van der Waals surface area (Å²) in [5, 5.41) is 30.2. The maximum Gasteiger partial charge on any atom is 0.265 e. The first-order chi connectivity index (χ1) is 13.7. The summed E-state index contributed by atoms with van der Waals surface area (Å²) in [6.45, 7) is 17.1. The zero-order valence-electron chi connectivity index (χ0n) is 17.0. The molecule has 0 unspecified atom stereocenters. The summed E-state index contributed by atoms with van der Waals surface area (Å²) in [6, 6.07) is 9.14. The number of nitrogens with zero attached hydrogens (tertiary/aromatic N) is 6. The Morgan fingerprint density at radius 3 is 2.48 bits per heavy atom. The van der Waals surface area contributed by atoms with Gasteiger partial charge in [-0.05, 0) is 31.4 Å². The van der Waals surface area contributed by atoms with Gasteiger partial charge in [0.25, 0.3) is 11.6 Å². The van der Waals surface area contributed by atoms with E-state index in [4.69, 9.17) is 11.3 Å². The molecule has 0 saturated carbocycles. The highest BCUT2D eigenvalue weighted by molar-refractivity contribution is 5.67. The molecule has 0 fully saturated rings. The minimum atomic E-state index is -0.323. The van der Waals surface area contributed by atoms with Crippen molar-refractivity contribution in [3.05, 3.63) is 47.4 Å². The van der Waals surface area contributed by atoms with E-state index in [0.29, 0.717) is 17.1 Å². The average Bonchev–Trinajstić information content (AvgIpc) is 3.21. The second-order valence-corrected chi connectivity index (χ2v) is 7.72. The molecule has 0 spiro atoms. The van der Waals surface area contributed by atoms with Crippen LogP contribution >= 0.6 is 0 Å². The fraction of sp³-hybridized carbons (Fsp3) is 0.350. The van der Waals surface area contributed by atoms with E-state index in [0.717, 1.165) is 0 Å². The molecule has 2 aromatic heterocycles. The van der Waals surface area contributed by atoms with Crippen LogP contribution in [0.4, 0.5) is 17.2 Å². The van der Waals surface area contributed by atoms with Gasteiger partial charge in [-0.15, -0.1) is 15.3 Å². The summed E-state index contributed by atoms with van der Waals surface area (Å²) in [7, 11) is 0. The summed E-state index contributed by atoms with van der Waals surface area (Å²) in [4.78, 5) is 3.54. The average molecular weight is 393 g/mol. The number of aromatic nitrogens is 4. The van der Waals surface area contributed by atoms with E-state index in [1.165, 1.54) is 4.68 Å². The van der Waals surface area contributed by atoms with Crippen molar-refractivity contribution in [2.24, 2.45) is 10.2 Å². The molecule has 2 heterocycles. The molecule has 0 radical (unpaired) electrons. The van der Waals surface area contributed by atoms with Gasteiger partial charge in [0.2, 0.25) is 11.6 Å². The molecule has 1 aromatic carbocycles. The molecule has 150 valence electrons. The molecule has 29 heavy (non-hydrogen) atoms. The lowest BCUT2D eigenvalue weighted by molar-refractivity contribution is 0.232. The second kappa shape index (κ2) is 7.75. The van der Waals surface area contributed by atoms with E-state index in [1.54, 1.807) is 12.1 Å². The fourth-order valence-electron chi connectivity index (χ4n) is 2.65. The third-order valence-electron chi connectivity index (χ3n) is 3.95. The third kappa shape index (κ3) is 4.11. The number of ether oxygens (including phenoxy) is 1. The van der Waals surface area contributed by atoms with Gasteiger partial charge in [0.15, 0.2) is 5.82 Å². The molecule has 0 aliphatic heterocycles. The fourth-order valence-corrected chi connectivity index (χ4v) is 2.65. The molecule has 9 nitrogen and oxygen atoms in total. The van der Waals surface area contributed by atoms with Crippen LogP contribution in [0.3, 0.4) is 0 Å². The Hall–Kier alpha value is -3.67. The van der Waals surface area contributed by atoms with E-state index in [1.807, 2.05) is 52.8 Å². The monoisotopic (exact) mass is 393 g/mol. The number of aromatic hydroxyl groups is 1. The predicted molar refractivity (Wildman–Crippen MR) is 109 cm³/mol. The number of aromatic amines is 1. The zero-order valence-corrected chi connectivity index (χ0v) is 17.0. The van der Waals surface area contributed by atoms with Gasteiger partial charge in [0, 0.05) is 0 Å². The number of azo groups is 1. The van der Waals surface area contributed by atoms with Crippen molar-refractivity contribution >= 4 is 17.2 Å². The molecule has 0 atom stereocenters. The van der Waals surface area contributed by atoms with E-state index < -0.39 is 0 Å². The van der Waals surface area contributed by atoms with E-state index in [2.05, 4.69) is 30.4 Å². The number of H-pyrrole nitrogens is 1. The van der Waals surface area contributed by atoms with Crippen molar-refractivity contribution in [3.8, 4) is 17.4 Å². The normalized spacial score (nSPS) is 11.9. The topological polar surface area (TPSA) is 105 Å². The van der Waals surface area contributed by atoms with Gasteiger partial charge in [-0.25, -0.2) is 4.85 Å². The molecule has 2 N–H and O–H groups in total. The molecule has 0 saturated heterocycles. The van der Waals surface area contributed by atoms with Gasteiger partial charge in [0.05, 0.1) is 24.1 Å². The van der Waals surface area contributed by atoms with Crippen molar-refractivity contribution in [3.63, 3.8) is 0 Å². The number of rotatable bonds is 5. The Kier molecular flexibility index (Phi) is 5.37. The molecule has 3 rings (SSSR count). The van der Waals surface area contributed by atoms with Crippen molar-refractivity contribution in [2.75, 3.05) is 0 Å². The highest BCUT2D eigenvalue weighted by Crippen LogP contribution is 2.41. The maximum absolute atomic E-state index is 10.7. The number of hydrogen-bond acceptors (Lipinski definition) is 6. The quantitative estimate of drug-likeness (QED) is 0.450. The van der Waals surface area contributed by atoms with Gasteiger partial charge in [0.1, 0.15) is 0 Å². The number of nitrogens with one attached hydrogen (secondary N) is 1. The first-order valence-electron chi connectivity index (χ1n) is 9.14. The molecule has 0 aliphatic carbocycles. The van der Waals surface area contributed by atoms with E-state index in [-0.39, 0.29) is 34.8 Å². The lowest BCUT2D eigenvalue weighted by Crippen LogP contribution is -2.11. The minimum absolute atomic E-state index is 0.0744. The lowest BCUT2D eigenvalue weighted by Gasteiger charge is -2.15. The molecule has 0 amide bonds. The van der Waals surface area contributed by atoms with Crippen molar-refractivity contribution in [1.82, 2.24) is 20.0 Å². The van der Waals surface area contributed by atoms with Crippen LogP contribution in [0.25, 0.3) is 10.5 Å². The first kappa shape index (κ1) is 20.1. The van der Waals surface area contributed by atoms with Crippen LogP contribution in [-0.4, -0.2) is 31.2 Å². The summed E-state index contributed by atoms with van der Waals surface area (Å²) in [6.07, 6.45) is -0.180. The molecule has 0 bridgehead atoms. The standard InChI is InChI=1S/C20H23N7O2/c1-12(2)29-18-15(19(28)27(26-18)13-10-8-7-9-11-13)22-24-17-14(21-6)16(23-25-17)20(3,4)5/h7-12,28H,1-5H3,(H,23,25)/b24-22+. The van der Waals surface area contributed by atoms with E-state index >= 15 is 0 Å². The van der Waals surface area contributed by atoms with Gasteiger partial charge in [-0.3, -0.25) is 5.10 Å². The molecular formula is C20H23N7O2. The SMILES string of the molecule is [C-]#[N+]c1c(C(C)(C)C)n[nH]c1/N=N/c1c(OC(C)C)nn(-c2ccccc2)c1O. The van der Waals surface area contributed by atoms with Crippen LogP contribution < -0.4 is 4.74 Å². The van der Waals surface area contributed by atoms with Crippen LogP contribution in [0.1, 0.15) is 40.3 Å². The highest BCUT2D eigenvalue weighted by atomic mass is 16.5. The minimum Gasteiger partial charge on any atom is -0.492 e.